The first kappa shape index (κ1) is 17.0. The Kier molecular flexibility index (Phi) is 4.27. The van der Waals surface area contributed by atoms with Crippen LogP contribution in [0.15, 0.2) is 35.1 Å². The Bertz CT molecular complexity index is 817. The molecule has 1 saturated heterocycles. The number of hydrogen-bond donors (Lipinski definition) is 0. The third kappa shape index (κ3) is 3.18. The summed E-state index contributed by atoms with van der Waals surface area (Å²) in [4.78, 5) is 21.8. The molecular weight excluding hydrogens is 338 g/mol. The first-order valence-corrected chi connectivity index (χ1v) is 10.2. The summed E-state index contributed by atoms with van der Waals surface area (Å²) in [5.41, 5.74) is 3.52. The van der Waals surface area contributed by atoms with E-state index in [4.69, 9.17) is 4.42 Å². The molecule has 142 valence electrons. The van der Waals surface area contributed by atoms with Crippen LogP contribution in [0.3, 0.4) is 0 Å². The summed E-state index contributed by atoms with van der Waals surface area (Å²) in [6.45, 7) is 2.09. The van der Waals surface area contributed by atoms with Crippen LogP contribution < -0.4 is 0 Å². The number of likely N-dealkylation sites (N-methyl/N-ethyl adjacent to an activating group) is 1. The maximum absolute atomic E-state index is 13.0. The highest BCUT2D eigenvalue weighted by Gasteiger charge is 2.36. The lowest BCUT2D eigenvalue weighted by atomic mass is 10.0. The van der Waals surface area contributed by atoms with E-state index in [9.17, 15) is 4.79 Å². The molecule has 0 radical (unpaired) electrons. The predicted octanol–water partition coefficient (Wildman–Crippen LogP) is 3.26. The molecule has 27 heavy (non-hydrogen) atoms. The number of piperidine rings is 1. The number of oxazole rings is 1. The summed E-state index contributed by atoms with van der Waals surface area (Å²) in [5.74, 6) is 1.22. The molecule has 2 aromatic rings. The van der Waals surface area contributed by atoms with Crippen molar-refractivity contribution in [3.63, 3.8) is 0 Å². The summed E-state index contributed by atoms with van der Waals surface area (Å²) in [7, 11) is 1.94. The molecule has 1 saturated carbocycles. The normalized spacial score (nSPS) is 23.4. The molecule has 0 spiro atoms. The van der Waals surface area contributed by atoms with Crippen LogP contribution in [-0.4, -0.2) is 52.9 Å². The Morgan fingerprint density at radius 3 is 2.63 bits per heavy atom. The minimum absolute atomic E-state index is 0.0206. The van der Waals surface area contributed by atoms with Crippen LogP contribution in [0.5, 0.6) is 0 Å². The maximum Gasteiger partial charge on any atom is 0.276 e. The number of nitrogens with zero attached hydrogens (tertiary/aromatic N) is 3. The zero-order valence-electron chi connectivity index (χ0n) is 15.9. The van der Waals surface area contributed by atoms with Gasteiger partial charge in [-0.1, -0.05) is 24.3 Å². The molecule has 1 aromatic heterocycles. The number of hydrogen-bond acceptors (Lipinski definition) is 4. The van der Waals surface area contributed by atoms with Gasteiger partial charge in [-0.25, -0.2) is 4.98 Å². The van der Waals surface area contributed by atoms with E-state index in [1.54, 1.807) is 0 Å². The molecule has 1 aliphatic heterocycles. The lowest BCUT2D eigenvalue weighted by Crippen LogP contribution is -2.52. The maximum atomic E-state index is 13.0. The monoisotopic (exact) mass is 365 g/mol. The topological polar surface area (TPSA) is 49.6 Å². The zero-order chi connectivity index (χ0) is 18.4. The number of rotatable bonds is 4. The fraction of sp³-hybridized carbons (Fsp3) is 0.545. The average molecular weight is 365 g/mol. The standard InChI is InChI=1S/C22H27N3O2/c1-24(22(26)20-21(15-8-9-15)27-14-23-20)18-7-4-10-25(13-18)19-11-16-5-2-3-6-17(16)12-19/h2-3,5-6,14-15,18-19H,4,7-13H2,1H3/t18-/m1/s1. The first-order valence-electron chi connectivity index (χ1n) is 10.2. The molecule has 1 amide bonds. The second-order valence-corrected chi connectivity index (χ2v) is 8.38. The molecule has 5 nitrogen and oxygen atoms in total. The van der Waals surface area contributed by atoms with Crippen LogP contribution >= 0.6 is 0 Å². The molecular formula is C22H27N3O2. The van der Waals surface area contributed by atoms with Gasteiger partial charge in [0.2, 0.25) is 0 Å². The van der Waals surface area contributed by atoms with Crippen molar-refractivity contribution in [1.82, 2.24) is 14.8 Å². The van der Waals surface area contributed by atoms with E-state index >= 15 is 0 Å². The van der Waals surface area contributed by atoms with E-state index < -0.39 is 0 Å². The van der Waals surface area contributed by atoms with Crippen LogP contribution in [0.25, 0.3) is 0 Å². The van der Waals surface area contributed by atoms with Gasteiger partial charge in [0.15, 0.2) is 12.1 Å². The minimum Gasteiger partial charge on any atom is -0.447 e. The molecule has 0 N–H and O–H groups in total. The Morgan fingerprint density at radius 1 is 1.19 bits per heavy atom. The van der Waals surface area contributed by atoms with Gasteiger partial charge in [-0.05, 0) is 56.2 Å². The van der Waals surface area contributed by atoms with Crippen LogP contribution in [-0.2, 0) is 12.8 Å². The van der Waals surface area contributed by atoms with E-state index in [0.717, 1.165) is 57.4 Å². The predicted molar refractivity (Wildman–Crippen MR) is 103 cm³/mol. The van der Waals surface area contributed by atoms with E-state index in [1.165, 1.54) is 17.5 Å². The summed E-state index contributed by atoms with van der Waals surface area (Å²) in [5, 5.41) is 0. The zero-order valence-corrected chi connectivity index (χ0v) is 15.9. The van der Waals surface area contributed by atoms with Gasteiger partial charge in [-0.2, -0.15) is 0 Å². The van der Waals surface area contributed by atoms with Crippen molar-refractivity contribution in [1.29, 1.82) is 0 Å². The highest BCUT2D eigenvalue weighted by molar-refractivity contribution is 5.93. The Labute approximate surface area is 160 Å². The minimum atomic E-state index is 0.0206. The van der Waals surface area contributed by atoms with Crippen molar-refractivity contribution in [3.8, 4) is 0 Å². The quantitative estimate of drug-likeness (QED) is 0.834. The van der Waals surface area contributed by atoms with Gasteiger partial charge < -0.3 is 9.32 Å². The lowest BCUT2D eigenvalue weighted by Gasteiger charge is -2.40. The molecule has 2 fully saturated rings. The van der Waals surface area contributed by atoms with E-state index in [0.29, 0.717) is 17.7 Å². The second-order valence-electron chi connectivity index (χ2n) is 8.38. The van der Waals surface area contributed by atoms with Crippen molar-refractivity contribution in [2.75, 3.05) is 20.1 Å². The fourth-order valence-corrected chi connectivity index (χ4v) is 4.81. The SMILES string of the molecule is CN(C(=O)c1ncoc1C1CC1)[C@@H]1CCCN(C2Cc3ccccc3C2)C1. The molecule has 0 unspecified atom stereocenters. The van der Waals surface area contributed by atoms with Crippen molar-refractivity contribution in [3.05, 3.63) is 53.2 Å². The summed E-state index contributed by atoms with van der Waals surface area (Å²) in [6, 6.07) is 9.62. The molecule has 5 heteroatoms. The fourth-order valence-electron chi connectivity index (χ4n) is 4.81. The van der Waals surface area contributed by atoms with Crippen molar-refractivity contribution in [2.24, 2.45) is 0 Å². The van der Waals surface area contributed by atoms with Gasteiger partial charge in [0.25, 0.3) is 5.91 Å². The number of aromatic nitrogens is 1. The van der Waals surface area contributed by atoms with Crippen LogP contribution in [0.2, 0.25) is 0 Å². The second kappa shape index (κ2) is 6.79. The molecule has 2 heterocycles. The van der Waals surface area contributed by atoms with E-state index in [2.05, 4.69) is 34.1 Å². The molecule has 2 aliphatic carbocycles. The van der Waals surface area contributed by atoms with Crippen molar-refractivity contribution in [2.45, 2.75) is 56.5 Å². The van der Waals surface area contributed by atoms with Gasteiger partial charge in [-0.15, -0.1) is 0 Å². The summed E-state index contributed by atoms with van der Waals surface area (Å²) < 4.78 is 5.52. The number of carbonyl (C=O) groups is 1. The average Bonchev–Trinajstić information content (AvgIpc) is 3.27. The third-order valence-corrected chi connectivity index (χ3v) is 6.59. The molecule has 5 rings (SSSR count). The summed E-state index contributed by atoms with van der Waals surface area (Å²) in [6.07, 6.45) is 8.12. The largest absolute Gasteiger partial charge is 0.447 e. The number of fused-ring (bicyclic) bond motifs is 1. The van der Waals surface area contributed by atoms with E-state index in [-0.39, 0.29) is 11.9 Å². The van der Waals surface area contributed by atoms with Crippen LogP contribution in [0, 0.1) is 0 Å². The first-order chi connectivity index (χ1) is 13.2. The Hall–Kier alpha value is -2.14. The highest BCUT2D eigenvalue weighted by atomic mass is 16.3. The molecule has 1 atom stereocenters. The van der Waals surface area contributed by atoms with E-state index in [1.807, 2.05) is 11.9 Å². The summed E-state index contributed by atoms with van der Waals surface area (Å²) >= 11 is 0. The highest BCUT2D eigenvalue weighted by Crippen LogP contribution is 2.41. The number of carbonyl (C=O) groups excluding carboxylic acids is 1. The third-order valence-electron chi connectivity index (χ3n) is 6.59. The van der Waals surface area contributed by atoms with Gasteiger partial charge in [0, 0.05) is 31.6 Å². The number of benzene rings is 1. The van der Waals surface area contributed by atoms with Crippen LogP contribution in [0.4, 0.5) is 0 Å². The van der Waals surface area contributed by atoms with Crippen molar-refractivity contribution < 1.29 is 9.21 Å². The van der Waals surface area contributed by atoms with Gasteiger partial charge >= 0.3 is 0 Å². The van der Waals surface area contributed by atoms with Crippen LogP contribution in [0.1, 0.15) is 59.0 Å². The lowest BCUT2D eigenvalue weighted by molar-refractivity contribution is 0.0549. The molecule has 0 bridgehead atoms. The Balaban J connectivity index is 1.27. The van der Waals surface area contributed by atoms with Gasteiger partial charge in [0.1, 0.15) is 5.76 Å². The molecule has 3 aliphatic rings. The Morgan fingerprint density at radius 2 is 1.93 bits per heavy atom. The van der Waals surface area contributed by atoms with Crippen molar-refractivity contribution >= 4 is 5.91 Å². The number of likely N-dealkylation sites (tertiary alicyclic amines) is 1. The molecule has 1 aromatic carbocycles. The smallest absolute Gasteiger partial charge is 0.276 e. The van der Waals surface area contributed by atoms with Gasteiger partial charge in [-0.3, -0.25) is 9.69 Å². The number of amides is 1. The van der Waals surface area contributed by atoms with Gasteiger partial charge in [0.05, 0.1) is 0 Å².